The zero-order valence-electron chi connectivity index (χ0n) is 7.88. The van der Waals surface area contributed by atoms with Crippen LogP contribution in [-0.2, 0) is 0 Å². The van der Waals surface area contributed by atoms with Crippen LogP contribution in [0.15, 0.2) is 0 Å². The largest absolute Gasteiger partial charge is 0.392 e. The highest BCUT2D eigenvalue weighted by Gasteiger charge is 2.26. The zero-order valence-corrected chi connectivity index (χ0v) is 7.88. The molecule has 0 unspecified atom stereocenters. The Labute approximate surface area is 73.8 Å². The Morgan fingerprint density at radius 3 is 2.50 bits per heavy atom. The number of nitrogens with one attached hydrogen (secondary N) is 1. The van der Waals surface area contributed by atoms with Gasteiger partial charge in [-0.15, -0.1) is 0 Å². The molecule has 0 aromatic rings. The summed E-state index contributed by atoms with van der Waals surface area (Å²) in [4.78, 5) is 0. The van der Waals surface area contributed by atoms with Gasteiger partial charge in [0.15, 0.2) is 0 Å². The molecule has 3 heteroatoms. The smallest absolute Gasteiger partial charge is 0.0715 e. The Balaban J connectivity index is 2.23. The van der Waals surface area contributed by atoms with Gasteiger partial charge in [-0.05, 0) is 33.1 Å². The Morgan fingerprint density at radius 2 is 2.08 bits per heavy atom. The van der Waals surface area contributed by atoms with Gasteiger partial charge in [-0.3, -0.25) is 0 Å². The summed E-state index contributed by atoms with van der Waals surface area (Å²) in [6.45, 7) is 4.08. The maximum absolute atomic E-state index is 9.44. The number of rotatable bonds is 3. The number of hydrogen-bond donors (Lipinski definition) is 3. The number of aliphatic hydroxyl groups excluding tert-OH is 1. The van der Waals surface area contributed by atoms with Crippen molar-refractivity contribution < 1.29 is 10.2 Å². The van der Waals surface area contributed by atoms with E-state index in [-0.39, 0.29) is 12.1 Å². The fourth-order valence-corrected chi connectivity index (χ4v) is 1.56. The molecule has 3 N–H and O–H groups in total. The number of hydrogen-bond acceptors (Lipinski definition) is 3. The van der Waals surface area contributed by atoms with Crippen LogP contribution in [0.3, 0.4) is 0 Å². The van der Waals surface area contributed by atoms with Gasteiger partial charge in [0.1, 0.15) is 0 Å². The quantitative estimate of drug-likeness (QED) is 0.574. The van der Waals surface area contributed by atoms with E-state index in [0.29, 0.717) is 6.54 Å². The van der Waals surface area contributed by atoms with Gasteiger partial charge >= 0.3 is 0 Å². The van der Waals surface area contributed by atoms with Crippen molar-refractivity contribution in [3.05, 3.63) is 0 Å². The van der Waals surface area contributed by atoms with E-state index in [2.05, 4.69) is 5.32 Å². The van der Waals surface area contributed by atoms with Crippen LogP contribution in [0, 0.1) is 0 Å². The van der Waals surface area contributed by atoms with Crippen molar-refractivity contribution in [1.82, 2.24) is 5.32 Å². The Hall–Kier alpha value is -0.120. The maximum Gasteiger partial charge on any atom is 0.0715 e. The van der Waals surface area contributed by atoms with Crippen molar-refractivity contribution >= 4 is 0 Å². The monoisotopic (exact) mass is 173 g/mol. The summed E-state index contributed by atoms with van der Waals surface area (Å²) in [7, 11) is 0. The Kier molecular flexibility index (Phi) is 3.09. The molecule has 1 aliphatic rings. The van der Waals surface area contributed by atoms with E-state index in [1.165, 1.54) is 0 Å². The summed E-state index contributed by atoms with van der Waals surface area (Å²) in [5.74, 6) is 0. The highest BCUT2D eigenvalue weighted by Crippen LogP contribution is 2.18. The minimum absolute atomic E-state index is 0.191. The molecule has 12 heavy (non-hydrogen) atoms. The van der Waals surface area contributed by atoms with Gasteiger partial charge in [-0.2, -0.15) is 0 Å². The molecule has 0 radical (unpaired) electrons. The third-order valence-corrected chi connectivity index (χ3v) is 2.28. The topological polar surface area (TPSA) is 52.5 Å². The van der Waals surface area contributed by atoms with Gasteiger partial charge in [-0.1, -0.05) is 0 Å². The fraction of sp³-hybridized carbons (Fsp3) is 1.00. The van der Waals surface area contributed by atoms with E-state index < -0.39 is 5.60 Å². The molecule has 0 spiro atoms. The summed E-state index contributed by atoms with van der Waals surface area (Å²) >= 11 is 0. The molecule has 3 nitrogen and oxygen atoms in total. The lowest BCUT2D eigenvalue weighted by Crippen LogP contribution is -2.43. The molecule has 72 valence electrons. The first-order chi connectivity index (χ1) is 5.49. The van der Waals surface area contributed by atoms with Gasteiger partial charge in [0.05, 0.1) is 11.7 Å². The summed E-state index contributed by atoms with van der Waals surface area (Å²) in [5.41, 5.74) is -0.678. The average molecular weight is 173 g/mol. The molecule has 0 aromatic carbocycles. The standard InChI is InChI=1S/C9H19NO2/c1-9(2,12)6-10-7-4-3-5-8(7)11/h7-8,10-12H,3-6H2,1-2H3/t7-,8-/m1/s1. The van der Waals surface area contributed by atoms with Crippen molar-refractivity contribution in [3.63, 3.8) is 0 Å². The zero-order chi connectivity index (χ0) is 9.19. The second kappa shape index (κ2) is 3.73. The van der Waals surface area contributed by atoms with Crippen LogP contribution < -0.4 is 5.32 Å². The normalized spacial score (nSPS) is 31.0. The molecule has 1 aliphatic carbocycles. The van der Waals surface area contributed by atoms with Crippen LogP contribution in [0.2, 0.25) is 0 Å². The van der Waals surface area contributed by atoms with Gasteiger partial charge in [0, 0.05) is 12.6 Å². The molecule has 0 saturated heterocycles. The lowest BCUT2D eigenvalue weighted by atomic mass is 10.1. The fourth-order valence-electron chi connectivity index (χ4n) is 1.56. The highest BCUT2D eigenvalue weighted by atomic mass is 16.3. The molecule has 0 aliphatic heterocycles. The summed E-state index contributed by atoms with van der Waals surface area (Å²) in [5, 5.41) is 22.0. The van der Waals surface area contributed by atoms with Crippen molar-refractivity contribution in [1.29, 1.82) is 0 Å². The van der Waals surface area contributed by atoms with Crippen LogP contribution in [-0.4, -0.2) is 34.5 Å². The van der Waals surface area contributed by atoms with Crippen LogP contribution in [0.4, 0.5) is 0 Å². The second-order valence-corrected chi connectivity index (χ2v) is 4.30. The van der Waals surface area contributed by atoms with E-state index >= 15 is 0 Å². The summed E-state index contributed by atoms with van der Waals surface area (Å²) in [6, 6.07) is 0.191. The van der Waals surface area contributed by atoms with Crippen LogP contribution >= 0.6 is 0 Å². The second-order valence-electron chi connectivity index (χ2n) is 4.30. The first kappa shape index (κ1) is 9.96. The molecule has 1 fully saturated rings. The molecule has 0 heterocycles. The predicted molar refractivity (Wildman–Crippen MR) is 47.9 cm³/mol. The predicted octanol–water partition coefficient (Wildman–Crippen LogP) is 0.260. The van der Waals surface area contributed by atoms with E-state index in [1.807, 2.05) is 0 Å². The minimum Gasteiger partial charge on any atom is -0.392 e. The SMILES string of the molecule is CC(C)(O)CN[C@@H]1CCC[C@H]1O. The van der Waals surface area contributed by atoms with Crippen LogP contribution in [0.5, 0.6) is 0 Å². The van der Waals surface area contributed by atoms with E-state index in [0.717, 1.165) is 19.3 Å². The molecular weight excluding hydrogens is 154 g/mol. The van der Waals surface area contributed by atoms with Crippen LogP contribution in [0.1, 0.15) is 33.1 Å². The molecule has 2 atom stereocenters. The molecular formula is C9H19NO2. The molecule has 0 aromatic heterocycles. The van der Waals surface area contributed by atoms with E-state index in [4.69, 9.17) is 0 Å². The van der Waals surface area contributed by atoms with Crippen molar-refractivity contribution in [2.45, 2.75) is 50.9 Å². The molecule has 0 bridgehead atoms. The summed E-state index contributed by atoms with van der Waals surface area (Å²) < 4.78 is 0. The Morgan fingerprint density at radius 1 is 1.42 bits per heavy atom. The minimum atomic E-state index is -0.678. The molecule has 0 amide bonds. The van der Waals surface area contributed by atoms with Gasteiger partial charge in [0.25, 0.3) is 0 Å². The van der Waals surface area contributed by atoms with E-state index in [9.17, 15) is 10.2 Å². The van der Waals surface area contributed by atoms with Crippen molar-refractivity contribution in [3.8, 4) is 0 Å². The van der Waals surface area contributed by atoms with Crippen molar-refractivity contribution in [2.24, 2.45) is 0 Å². The van der Waals surface area contributed by atoms with Gasteiger partial charge < -0.3 is 15.5 Å². The van der Waals surface area contributed by atoms with Gasteiger partial charge in [-0.25, -0.2) is 0 Å². The lowest BCUT2D eigenvalue weighted by molar-refractivity contribution is 0.0667. The first-order valence-corrected chi connectivity index (χ1v) is 4.63. The highest BCUT2D eigenvalue weighted by molar-refractivity contribution is 4.84. The molecule has 1 saturated carbocycles. The van der Waals surface area contributed by atoms with Gasteiger partial charge in [0.2, 0.25) is 0 Å². The third-order valence-electron chi connectivity index (χ3n) is 2.28. The van der Waals surface area contributed by atoms with E-state index in [1.54, 1.807) is 13.8 Å². The summed E-state index contributed by atoms with van der Waals surface area (Å²) in [6.07, 6.45) is 2.79. The lowest BCUT2D eigenvalue weighted by Gasteiger charge is -2.23. The average Bonchev–Trinajstić information content (AvgIpc) is 2.29. The Bertz CT molecular complexity index is 142. The maximum atomic E-state index is 9.44. The first-order valence-electron chi connectivity index (χ1n) is 4.63. The number of aliphatic hydroxyl groups is 2. The van der Waals surface area contributed by atoms with Crippen molar-refractivity contribution in [2.75, 3.05) is 6.54 Å². The van der Waals surface area contributed by atoms with Crippen LogP contribution in [0.25, 0.3) is 0 Å². The molecule has 1 rings (SSSR count). The third kappa shape index (κ3) is 3.09.